The molecule has 0 spiro atoms. The summed E-state index contributed by atoms with van der Waals surface area (Å²) in [5.41, 5.74) is 0.930. The fraction of sp³-hybridized carbons (Fsp3) is 0.550. The van der Waals surface area contributed by atoms with Crippen LogP contribution in [-0.2, 0) is 4.79 Å². The summed E-state index contributed by atoms with van der Waals surface area (Å²) in [7, 11) is 1.62. The molecule has 0 aliphatic heterocycles. The standard InChI is InChI=1S/C20H29NO3/c1-5-12-21(14-17-6-7-17)20(22)11-9-16-8-10-18(24-15(2)3)19(13-16)23-4/h8-11,13,15,17H,5-7,12,14H2,1-4H3/b11-9+. The Morgan fingerprint density at radius 2 is 2.08 bits per heavy atom. The normalized spacial score (nSPS) is 14.2. The molecule has 0 heterocycles. The summed E-state index contributed by atoms with van der Waals surface area (Å²) < 4.78 is 11.1. The SMILES string of the molecule is CCCN(CC1CC1)C(=O)/C=C/c1ccc(OC(C)C)c(OC)c1. The highest BCUT2D eigenvalue weighted by atomic mass is 16.5. The average molecular weight is 331 g/mol. The van der Waals surface area contributed by atoms with Crippen LogP contribution >= 0.6 is 0 Å². The summed E-state index contributed by atoms with van der Waals surface area (Å²) in [6.45, 7) is 7.78. The monoisotopic (exact) mass is 331 g/mol. The molecule has 1 fully saturated rings. The van der Waals surface area contributed by atoms with Crippen molar-refractivity contribution in [2.24, 2.45) is 5.92 Å². The topological polar surface area (TPSA) is 38.8 Å². The van der Waals surface area contributed by atoms with Crippen LogP contribution in [0.1, 0.15) is 45.6 Å². The van der Waals surface area contributed by atoms with Crippen molar-refractivity contribution in [1.29, 1.82) is 0 Å². The highest BCUT2D eigenvalue weighted by molar-refractivity contribution is 5.91. The van der Waals surface area contributed by atoms with Crippen molar-refractivity contribution in [1.82, 2.24) is 4.90 Å². The first-order valence-corrected chi connectivity index (χ1v) is 8.85. The lowest BCUT2D eigenvalue weighted by Crippen LogP contribution is -2.32. The van der Waals surface area contributed by atoms with Crippen molar-refractivity contribution in [3.05, 3.63) is 29.8 Å². The van der Waals surface area contributed by atoms with Crippen molar-refractivity contribution in [3.8, 4) is 11.5 Å². The largest absolute Gasteiger partial charge is 0.493 e. The number of hydrogen-bond donors (Lipinski definition) is 0. The van der Waals surface area contributed by atoms with Crippen molar-refractivity contribution in [2.45, 2.75) is 46.1 Å². The van der Waals surface area contributed by atoms with Gasteiger partial charge in [-0.3, -0.25) is 4.79 Å². The van der Waals surface area contributed by atoms with Gasteiger partial charge in [-0.1, -0.05) is 13.0 Å². The Labute approximate surface area is 145 Å². The maximum Gasteiger partial charge on any atom is 0.246 e. The van der Waals surface area contributed by atoms with Crippen molar-refractivity contribution >= 4 is 12.0 Å². The molecule has 4 heteroatoms. The zero-order chi connectivity index (χ0) is 17.5. The molecule has 0 saturated heterocycles. The van der Waals surface area contributed by atoms with Gasteiger partial charge in [0.25, 0.3) is 0 Å². The van der Waals surface area contributed by atoms with Crippen LogP contribution in [-0.4, -0.2) is 37.1 Å². The van der Waals surface area contributed by atoms with E-state index in [9.17, 15) is 4.79 Å². The summed E-state index contributed by atoms with van der Waals surface area (Å²) in [5, 5.41) is 0. The number of carbonyl (C=O) groups excluding carboxylic acids is 1. The van der Waals surface area contributed by atoms with Gasteiger partial charge in [-0.05, 0) is 62.8 Å². The quantitative estimate of drug-likeness (QED) is 0.638. The molecule has 1 aliphatic rings. The summed E-state index contributed by atoms with van der Waals surface area (Å²) in [6.07, 6.45) is 7.10. The maximum atomic E-state index is 12.4. The van der Waals surface area contributed by atoms with Gasteiger partial charge in [-0.15, -0.1) is 0 Å². The van der Waals surface area contributed by atoms with Crippen LogP contribution in [0.3, 0.4) is 0 Å². The second-order valence-electron chi connectivity index (χ2n) is 6.64. The molecule has 1 aliphatic carbocycles. The average Bonchev–Trinajstić information content (AvgIpc) is 3.36. The van der Waals surface area contributed by atoms with E-state index >= 15 is 0 Å². The molecule has 2 rings (SSSR count). The van der Waals surface area contributed by atoms with Gasteiger partial charge >= 0.3 is 0 Å². The summed E-state index contributed by atoms with van der Waals surface area (Å²) in [6, 6.07) is 5.72. The first-order valence-electron chi connectivity index (χ1n) is 8.85. The lowest BCUT2D eigenvalue weighted by molar-refractivity contribution is -0.126. The van der Waals surface area contributed by atoms with Crippen molar-refractivity contribution < 1.29 is 14.3 Å². The predicted octanol–water partition coefficient (Wildman–Crippen LogP) is 4.14. The molecule has 1 saturated carbocycles. The van der Waals surface area contributed by atoms with Crippen LogP contribution in [0.5, 0.6) is 11.5 Å². The van der Waals surface area contributed by atoms with E-state index in [1.807, 2.05) is 43.0 Å². The third-order valence-corrected chi connectivity index (χ3v) is 3.95. The van der Waals surface area contributed by atoms with E-state index in [-0.39, 0.29) is 12.0 Å². The van der Waals surface area contributed by atoms with Gasteiger partial charge in [-0.25, -0.2) is 0 Å². The Kier molecular flexibility index (Phi) is 6.71. The first kappa shape index (κ1) is 18.4. The Balaban J connectivity index is 2.04. The Morgan fingerprint density at radius 1 is 1.33 bits per heavy atom. The molecule has 132 valence electrons. The molecule has 0 aromatic heterocycles. The molecule has 1 amide bonds. The molecular formula is C20H29NO3. The zero-order valence-electron chi connectivity index (χ0n) is 15.2. The van der Waals surface area contributed by atoms with Crippen LogP contribution in [0.4, 0.5) is 0 Å². The van der Waals surface area contributed by atoms with Gasteiger partial charge in [0.2, 0.25) is 5.91 Å². The zero-order valence-corrected chi connectivity index (χ0v) is 15.2. The van der Waals surface area contributed by atoms with E-state index in [1.54, 1.807) is 13.2 Å². The van der Waals surface area contributed by atoms with E-state index in [2.05, 4.69) is 6.92 Å². The van der Waals surface area contributed by atoms with Crippen LogP contribution in [0, 0.1) is 5.92 Å². The van der Waals surface area contributed by atoms with Gasteiger partial charge < -0.3 is 14.4 Å². The number of amides is 1. The second-order valence-corrected chi connectivity index (χ2v) is 6.64. The van der Waals surface area contributed by atoms with Crippen LogP contribution in [0.25, 0.3) is 6.08 Å². The predicted molar refractivity (Wildman–Crippen MR) is 97.4 cm³/mol. The number of ether oxygens (including phenoxy) is 2. The van der Waals surface area contributed by atoms with Gasteiger partial charge in [0.1, 0.15) is 0 Å². The van der Waals surface area contributed by atoms with Crippen LogP contribution in [0.15, 0.2) is 24.3 Å². The second kappa shape index (κ2) is 8.76. The van der Waals surface area contributed by atoms with Crippen molar-refractivity contribution in [2.75, 3.05) is 20.2 Å². The third-order valence-electron chi connectivity index (χ3n) is 3.95. The van der Waals surface area contributed by atoms with E-state index < -0.39 is 0 Å². The lowest BCUT2D eigenvalue weighted by Gasteiger charge is -2.20. The number of hydrogen-bond acceptors (Lipinski definition) is 3. The fourth-order valence-electron chi connectivity index (χ4n) is 2.59. The molecule has 1 aromatic rings. The molecular weight excluding hydrogens is 302 g/mol. The van der Waals surface area contributed by atoms with Crippen molar-refractivity contribution in [3.63, 3.8) is 0 Å². The highest BCUT2D eigenvalue weighted by Crippen LogP contribution is 2.30. The Morgan fingerprint density at radius 3 is 2.67 bits per heavy atom. The Hall–Kier alpha value is -1.97. The van der Waals surface area contributed by atoms with Gasteiger partial charge in [0.05, 0.1) is 13.2 Å². The number of nitrogens with zero attached hydrogens (tertiary/aromatic N) is 1. The van der Waals surface area contributed by atoms with Crippen LogP contribution < -0.4 is 9.47 Å². The highest BCUT2D eigenvalue weighted by Gasteiger charge is 2.25. The van der Waals surface area contributed by atoms with Gasteiger partial charge in [0.15, 0.2) is 11.5 Å². The van der Waals surface area contributed by atoms with Gasteiger partial charge in [0, 0.05) is 19.2 Å². The third kappa shape index (κ3) is 5.59. The first-order chi connectivity index (χ1) is 11.5. The Bertz CT molecular complexity index is 576. The fourth-order valence-corrected chi connectivity index (χ4v) is 2.59. The maximum absolute atomic E-state index is 12.4. The van der Waals surface area contributed by atoms with E-state index in [0.717, 1.165) is 30.8 Å². The molecule has 0 radical (unpaired) electrons. The summed E-state index contributed by atoms with van der Waals surface area (Å²) in [5.74, 6) is 2.20. The minimum absolute atomic E-state index is 0.0882. The van der Waals surface area contributed by atoms with E-state index in [1.165, 1.54) is 12.8 Å². The number of benzene rings is 1. The summed E-state index contributed by atoms with van der Waals surface area (Å²) in [4.78, 5) is 14.4. The number of carbonyl (C=O) groups is 1. The molecule has 4 nitrogen and oxygen atoms in total. The lowest BCUT2D eigenvalue weighted by atomic mass is 10.1. The van der Waals surface area contributed by atoms with E-state index in [4.69, 9.17) is 9.47 Å². The summed E-state index contributed by atoms with van der Waals surface area (Å²) >= 11 is 0. The number of rotatable bonds is 9. The molecule has 0 bridgehead atoms. The molecule has 0 unspecified atom stereocenters. The number of methoxy groups -OCH3 is 1. The minimum atomic E-state index is 0.0882. The minimum Gasteiger partial charge on any atom is -0.493 e. The van der Waals surface area contributed by atoms with Gasteiger partial charge in [-0.2, -0.15) is 0 Å². The molecule has 0 N–H and O–H groups in total. The molecule has 1 aromatic carbocycles. The molecule has 24 heavy (non-hydrogen) atoms. The van der Waals surface area contributed by atoms with Crippen LogP contribution in [0.2, 0.25) is 0 Å². The smallest absolute Gasteiger partial charge is 0.246 e. The molecule has 0 atom stereocenters. The van der Waals surface area contributed by atoms with E-state index in [0.29, 0.717) is 11.7 Å².